The molecule has 4 saturated carbocycles. The van der Waals surface area contributed by atoms with Crippen LogP contribution in [0.25, 0.3) is 0 Å². The lowest BCUT2D eigenvalue weighted by Crippen LogP contribution is -2.66. The van der Waals surface area contributed by atoms with Crippen molar-refractivity contribution in [1.82, 2.24) is 0 Å². The molecule has 0 aromatic rings. The Balaban J connectivity index is 1.45. The minimum atomic E-state index is -0.103. The van der Waals surface area contributed by atoms with Gasteiger partial charge in [0.25, 0.3) is 0 Å². The van der Waals surface area contributed by atoms with E-state index >= 15 is 0 Å². The van der Waals surface area contributed by atoms with Crippen molar-refractivity contribution in [1.29, 1.82) is 0 Å². The zero-order valence-corrected chi connectivity index (χ0v) is 20.3. The second-order valence-electron chi connectivity index (χ2n) is 12.7. The summed E-state index contributed by atoms with van der Waals surface area (Å²) in [6, 6.07) is 0.433. The maximum absolute atomic E-state index is 12.8. The lowest BCUT2D eigenvalue weighted by molar-refractivity contribution is -0.943. The Morgan fingerprint density at radius 3 is 2.48 bits per heavy atom. The van der Waals surface area contributed by atoms with Crippen molar-refractivity contribution in [3.8, 4) is 0 Å². The molecule has 8 atom stereocenters. The Hall–Kier alpha value is -0.900. The van der Waals surface area contributed by atoms with Crippen LogP contribution in [0.4, 0.5) is 0 Å². The minimum Gasteiger partial charge on any atom is -0.456 e. The summed E-state index contributed by atoms with van der Waals surface area (Å²) in [5, 5.41) is 0. The van der Waals surface area contributed by atoms with Crippen LogP contribution in [0.15, 0.2) is 0 Å². The predicted molar refractivity (Wildman–Crippen MR) is 121 cm³/mol. The van der Waals surface area contributed by atoms with Gasteiger partial charge in [-0.15, -0.1) is 0 Å². The van der Waals surface area contributed by atoms with Gasteiger partial charge in [-0.05, 0) is 86.9 Å². The summed E-state index contributed by atoms with van der Waals surface area (Å²) in [5.74, 6) is 3.18. The maximum Gasteiger partial charge on any atom is 0.303 e. The highest BCUT2D eigenvalue weighted by Crippen LogP contribution is 2.66. The molecule has 0 N–H and O–H groups in total. The molecule has 0 bridgehead atoms. The third-order valence-electron chi connectivity index (χ3n) is 11.3. The monoisotopic (exact) mass is 430 g/mol. The lowest BCUT2D eigenvalue weighted by atomic mass is 9.44. The molecule has 1 heterocycles. The van der Waals surface area contributed by atoms with Crippen molar-refractivity contribution in [3.05, 3.63) is 0 Å². The molecular formula is C27H44NO3+. The average molecular weight is 431 g/mol. The number of ether oxygens (including phenoxy) is 1. The van der Waals surface area contributed by atoms with Crippen LogP contribution in [0.3, 0.4) is 0 Å². The fourth-order valence-corrected chi connectivity index (χ4v) is 9.56. The molecule has 4 heteroatoms. The Morgan fingerprint density at radius 2 is 1.77 bits per heavy atom. The Bertz CT molecular complexity index is 743. The normalized spacial score (nSPS) is 49.0. The van der Waals surface area contributed by atoms with Gasteiger partial charge in [0, 0.05) is 25.2 Å². The first kappa shape index (κ1) is 21.9. The first-order chi connectivity index (χ1) is 14.7. The van der Waals surface area contributed by atoms with E-state index < -0.39 is 0 Å². The average Bonchev–Trinajstić information content (AvgIpc) is 3.03. The number of Topliss-reactive ketones (excluding diaryl/α,β-unsaturated/α-hetero) is 1. The zero-order chi connectivity index (χ0) is 22.0. The van der Waals surface area contributed by atoms with Gasteiger partial charge in [-0.25, -0.2) is 0 Å². The van der Waals surface area contributed by atoms with Gasteiger partial charge in [0.1, 0.15) is 11.8 Å². The highest BCUT2D eigenvalue weighted by Gasteiger charge is 2.63. The molecule has 0 spiro atoms. The Morgan fingerprint density at radius 1 is 1.03 bits per heavy atom. The van der Waals surface area contributed by atoms with Gasteiger partial charge in [-0.1, -0.05) is 13.8 Å². The number of likely N-dealkylation sites (N-methyl/N-ethyl adjacent to an activating group) is 1. The summed E-state index contributed by atoms with van der Waals surface area (Å²) in [4.78, 5) is 24.8. The molecule has 174 valence electrons. The second kappa shape index (κ2) is 7.57. The number of carbonyl (C=O) groups excluding carboxylic acids is 2. The van der Waals surface area contributed by atoms with E-state index in [0.29, 0.717) is 29.1 Å². The number of piperidine rings is 1. The van der Waals surface area contributed by atoms with Crippen LogP contribution in [0, 0.1) is 34.5 Å². The molecular weight excluding hydrogens is 386 g/mol. The highest BCUT2D eigenvalue weighted by atomic mass is 16.5. The fraction of sp³-hybridized carbons (Fsp3) is 0.926. The SMILES string of the molecule is CC(=O)O[C@H]1C[C@@H]2CC[C@@H]3[C@H](CC[C@]4(C)C(=O)CC[C@@H]34)[C@@]2(C)C[C@@H]1[N+]1(C)CCCCC1. The second-order valence-corrected chi connectivity index (χ2v) is 12.7. The number of nitrogens with zero attached hydrogens (tertiary/aromatic N) is 1. The van der Waals surface area contributed by atoms with E-state index in [1.807, 2.05) is 0 Å². The molecule has 1 aliphatic heterocycles. The van der Waals surface area contributed by atoms with Crippen LogP contribution in [-0.4, -0.2) is 48.5 Å². The predicted octanol–water partition coefficient (Wildman–Crippen LogP) is 5.14. The molecule has 4 nitrogen and oxygen atoms in total. The van der Waals surface area contributed by atoms with Crippen LogP contribution < -0.4 is 0 Å². The topological polar surface area (TPSA) is 43.4 Å². The van der Waals surface area contributed by atoms with Crippen molar-refractivity contribution in [3.63, 3.8) is 0 Å². The molecule has 1 saturated heterocycles. The van der Waals surface area contributed by atoms with Gasteiger partial charge in [0.2, 0.25) is 0 Å². The fourth-order valence-electron chi connectivity index (χ4n) is 9.56. The maximum atomic E-state index is 12.8. The molecule has 31 heavy (non-hydrogen) atoms. The number of hydrogen-bond acceptors (Lipinski definition) is 3. The highest BCUT2D eigenvalue weighted by molar-refractivity contribution is 5.87. The summed E-state index contributed by atoms with van der Waals surface area (Å²) >= 11 is 0. The number of carbonyl (C=O) groups is 2. The largest absolute Gasteiger partial charge is 0.456 e. The van der Waals surface area contributed by atoms with Gasteiger partial charge in [-0.2, -0.15) is 0 Å². The van der Waals surface area contributed by atoms with Gasteiger partial charge in [0.15, 0.2) is 6.10 Å². The van der Waals surface area contributed by atoms with Crippen LogP contribution in [0.2, 0.25) is 0 Å². The molecule has 0 amide bonds. The summed E-state index contributed by atoms with van der Waals surface area (Å²) in [7, 11) is 2.44. The first-order valence-electron chi connectivity index (χ1n) is 13.2. The number of likely N-dealkylation sites (tertiary alicyclic amines) is 1. The molecule has 0 aromatic heterocycles. The Kier molecular flexibility index (Phi) is 5.35. The van der Waals surface area contributed by atoms with Crippen molar-refractivity contribution >= 4 is 11.8 Å². The van der Waals surface area contributed by atoms with Crippen molar-refractivity contribution in [2.45, 2.75) is 104 Å². The zero-order valence-electron chi connectivity index (χ0n) is 20.3. The summed E-state index contributed by atoms with van der Waals surface area (Å²) < 4.78 is 7.15. The number of esters is 1. The molecule has 0 aromatic carbocycles. The quantitative estimate of drug-likeness (QED) is 0.450. The van der Waals surface area contributed by atoms with Crippen LogP contribution >= 0.6 is 0 Å². The van der Waals surface area contributed by atoms with E-state index in [1.54, 1.807) is 6.92 Å². The van der Waals surface area contributed by atoms with E-state index in [9.17, 15) is 9.59 Å². The molecule has 5 fully saturated rings. The van der Waals surface area contributed by atoms with Crippen molar-refractivity contribution in [2.24, 2.45) is 34.5 Å². The number of ketones is 1. The van der Waals surface area contributed by atoms with Crippen LogP contribution in [0.5, 0.6) is 0 Å². The van der Waals surface area contributed by atoms with Gasteiger partial charge >= 0.3 is 5.97 Å². The first-order valence-corrected chi connectivity index (χ1v) is 13.2. The van der Waals surface area contributed by atoms with E-state index in [4.69, 9.17) is 4.74 Å². The van der Waals surface area contributed by atoms with Crippen molar-refractivity contribution < 1.29 is 18.8 Å². The van der Waals surface area contributed by atoms with E-state index in [-0.39, 0.29) is 17.5 Å². The van der Waals surface area contributed by atoms with E-state index in [0.717, 1.165) is 42.0 Å². The lowest BCUT2D eigenvalue weighted by Gasteiger charge is -2.62. The van der Waals surface area contributed by atoms with Gasteiger partial charge in [-0.3, -0.25) is 9.59 Å². The molecule has 0 radical (unpaired) electrons. The van der Waals surface area contributed by atoms with E-state index in [1.165, 1.54) is 58.0 Å². The number of fused-ring (bicyclic) bond motifs is 5. The van der Waals surface area contributed by atoms with Crippen LogP contribution in [0.1, 0.15) is 91.4 Å². The standard InChI is InChI=1S/C27H44NO3/c1-18(29)31-24-16-19-8-9-20-21-10-11-25(30)26(21,2)13-12-22(20)27(19,3)17-23(24)28(4)14-6-5-7-15-28/h19-24H,5-17H2,1-4H3/q+1/t19-,20-,21-,22-,23-,24-,26-,27-/m0/s1. The smallest absolute Gasteiger partial charge is 0.303 e. The van der Waals surface area contributed by atoms with Gasteiger partial charge < -0.3 is 9.22 Å². The number of rotatable bonds is 2. The van der Waals surface area contributed by atoms with Gasteiger partial charge in [0.05, 0.1) is 20.1 Å². The Labute approximate surface area is 189 Å². The summed E-state index contributed by atoms with van der Waals surface area (Å²) in [6.45, 7) is 8.94. The number of quaternary nitrogens is 1. The van der Waals surface area contributed by atoms with Crippen LogP contribution in [-0.2, 0) is 14.3 Å². The number of hydrogen-bond donors (Lipinski definition) is 0. The van der Waals surface area contributed by atoms with Crippen molar-refractivity contribution in [2.75, 3.05) is 20.1 Å². The summed E-state index contributed by atoms with van der Waals surface area (Å²) in [6.07, 6.45) is 13.1. The molecule has 5 aliphatic rings. The molecule has 0 unspecified atom stereocenters. The minimum absolute atomic E-state index is 0.0376. The summed E-state index contributed by atoms with van der Waals surface area (Å²) in [5.41, 5.74) is 0.292. The third kappa shape index (κ3) is 3.33. The third-order valence-corrected chi connectivity index (χ3v) is 11.3. The molecule has 5 rings (SSSR count). The van der Waals surface area contributed by atoms with E-state index in [2.05, 4.69) is 20.9 Å². The molecule has 4 aliphatic carbocycles.